The summed E-state index contributed by atoms with van der Waals surface area (Å²) in [5.74, 6) is -0.211. The van der Waals surface area contributed by atoms with E-state index in [0.29, 0.717) is 21.8 Å². The fourth-order valence-electron chi connectivity index (χ4n) is 3.11. The number of hydrogen-bond acceptors (Lipinski definition) is 3. The number of hydrogen-bond donors (Lipinski definition) is 1. The van der Waals surface area contributed by atoms with Crippen LogP contribution in [0.4, 0.5) is 5.69 Å². The Bertz CT molecular complexity index is 1210. The van der Waals surface area contributed by atoms with Gasteiger partial charge in [0.1, 0.15) is 11.0 Å². The van der Waals surface area contributed by atoms with Gasteiger partial charge in [-0.2, -0.15) is 4.80 Å². The summed E-state index contributed by atoms with van der Waals surface area (Å²) in [6.45, 7) is 5.96. The third-order valence-electron chi connectivity index (χ3n) is 4.98. The van der Waals surface area contributed by atoms with Crippen LogP contribution in [0, 0.1) is 13.8 Å². The molecule has 4 aromatic rings. The number of carbonyl (C=O) groups excluding carboxylic acids is 1. The van der Waals surface area contributed by atoms with E-state index >= 15 is 0 Å². The third-order valence-corrected chi connectivity index (χ3v) is 5.39. The standard InChI is InChI=1S/C23H21ClN4O/c1-4-16-6-9-18(10-7-16)28-26-21-11-15(3)20(13-22(21)27-28)25-23(29)17-8-5-14(2)19(24)12-17/h5-13H,4H2,1-3H3,(H,25,29). The maximum absolute atomic E-state index is 12.6. The Kier molecular flexibility index (Phi) is 5.07. The van der Waals surface area contributed by atoms with Gasteiger partial charge in [-0.15, -0.1) is 10.2 Å². The Morgan fingerprint density at radius 1 is 0.966 bits per heavy atom. The van der Waals surface area contributed by atoms with Gasteiger partial charge in [0.25, 0.3) is 5.91 Å². The number of aryl methyl sites for hydroxylation is 3. The van der Waals surface area contributed by atoms with E-state index in [2.05, 4.69) is 34.6 Å². The first-order valence-electron chi connectivity index (χ1n) is 9.49. The topological polar surface area (TPSA) is 59.8 Å². The molecule has 1 N–H and O–H groups in total. The molecule has 0 aliphatic carbocycles. The van der Waals surface area contributed by atoms with Gasteiger partial charge in [0, 0.05) is 16.3 Å². The molecule has 0 atom stereocenters. The number of carbonyl (C=O) groups is 1. The molecule has 0 spiro atoms. The number of aromatic nitrogens is 3. The van der Waals surface area contributed by atoms with Gasteiger partial charge in [-0.25, -0.2) is 0 Å². The van der Waals surface area contributed by atoms with Gasteiger partial charge in [0.15, 0.2) is 0 Å². The average molecular weight is 405 g/mol. The maximum Gasteiger partial charge on any atom is 0.255 e. The van der Waals surface area contributed by atoms with Crippen molar-refractivity contribution in [1.82, 2.24) is 15.0 Å². The summed E-state index contributed by atoms with van der Waals surface area (Å²) in [4.78, 5) is 14.3. The molecular formula is C23H21ClN4O. The number of fused-ring (bicyclic) bond motifs is 1. The van der Waals surface area contributed by atoms with Crippen LogP contribution in [0.2, 0.25) is 5.02 Å². The Balaban J connectivity index is 1.64. The van der Waals surface area contributed by atoms with Crippen molar-refractivity contribution < 1.29 is 4.79 Å². The van der Waals surface area contributed by atoms with Crippen molar-refractivity contribution in [2.75, 3.05) is 5.32 Å². The highest BCUT2D eigenvalue weighted by Gasteiger charge is 2.13. The zero-order valence-corrected chi connectivity index (χ0v) is 17.3. The van der Waals surface area contributed by atoms with Crippen LogP contribution in [0.15, 0.2) is 54.6 Å². The molecule has 0 radical (unpaired) electrons. The first-order valence-corrected chi connectivity index (χ1v) is 9.87. The minimum absolute atomic E-state index is 0.211. The third kappa shape index (κ3) is 3.87. The molecule has 1 aromatic heterocycles. The molecule has 0 aliphatic rings. The van der Waals surface area contributed by atoms with E-state index in [1.165, 1.54) is 5.56 Å². The molecule has 0 saturated carbocycles. The van der Waals surface area contributed by atoms with Crippen molar-refractivity contribution in [1.29, 1.82) is 0 Å². The Labute approximate surface area is 174 Å². The Morgan fingerprint density at radius 3 is 2.31 bits per heavy atom. The summed E-state index contributed by atoms with van der Waals surface area (Å²) >= 11 is 6.15. The number of nitrogens with zero attached hydrogens (tertiary/aromatic N) is 3. The number of rotatable bonds is 4. The van der Waals surface area contributed by atoms with E-state index in [0.717, 1.165) is 28.8 Å². The summed E-state index contributed by atoms with van der Waals surface area (Å²) in [6, 6.07) is 17.2. The van der Waals surface area contributed by atoms with Crippen molar-refractivity contribution in [3.8, 4) is 5.69 Å². The highest BCUT2D eigenvalue weighted by Crippen LogP contribution is 2.24. The van der Waals surface area contributed by atoms with E-state index in [-0.39, 0.29) is 5.91 Å². The summed E-state index contributed by atoms with van der Waals surface area (Å²) in [5.41, 5.74) is 6.72. The molecule has 0 aliphatic heterocycles. The lowest BCUT2D eigenvalue weighted by atomic mass is 10.1. The lowest BCUT2D eigenvalue weighted by molar-refractivity contribution is 0.102. The monoisotopic (exact) mass is 404 g/mol. The number of benzene rings is 3. The van der Waals surface area contributed by atoms with E-state index in [9.17, 15) is 4.79 Å². The van der Waals surface area contributed by atoms with Gasteiger partial charge in [0.05, 0.1) is 5.69 Å². The lowest BCUT2D eigenvalue weighted by Gasteiger charge is -2.09. The Morgan fingerprint density at radius 2 is 1.66 bits per heavy atom. The second kappa shape index (κ2) is 7.68. The zero-order chi connectivity index (χ0) is 20.5. The number of nitrogens with one attached hydrogen (secondary N) is 1. The van der Waals surface area contributed by atoms with E-state index in [4.69, 9.17) is 11.6 Å². The lowest BCUT2D eigenvalue weighted by Crippen LogP contribution is -2.12. The number of amides is 1. The normalized spacial score (nSPS) is 11.0. The van der Waals surface area contributed by atoms with Crippen LogP contribution in [0.5, 0.6) is 0 Å². The van der Waals surface area contributed by atoms with Gasteiger partial charge in [-0.3, -0.25) is 4.79 Å². The van der Waals surface area contributed by atoms with Gasteiger partial charge < -0.3 is 5.32 Å². The first-order chi connectivity index (χ1) is 13.9. The van der Waals surface area contributed by atoms with E-state index in [1.807, 2.05) is 44.2 Å². The summed E-state index contributed by atoms with van der Waals surface area (Å²) < 4.78 is 0. The number of anilines is 1. The zero-order valence-electron chi connectivity index (χ0n) is 16.5. The van der Waals surface area contributed by atoms with Crippen molar-refractivity contribution in [2.24, 2.45) is 0 Å². The number of halogens is 1. The molecule has 0 unspecified atom stereocenters. The van der Waals surface area contributed by atoms with Crippen LogP contribution in [0.25, 0.3) is 16.7 Å². The summed E-state index contributed by atoms with van der Waals surface area (Å²) in [5, 5.41) is 12.7. The first kappa shape index (κ1) is 19.2. The summed E-state index contributed by atoms with van der Waals surface area (Å²) in [6.07, 6.45) is 0.989. The fourth-order valence-corrected chi connectivity index (χ4v) is 3.29. The van der Waals surface area contributed by atoms with Crippen molar-refractivity contribution in [3.63, 3.8) is 0 Å². The molecule has 1 heterocycles. The predicted octanol–water partition coefficient (Wildman–Crippen LogP) is 5.51. The maximum atomic E-state index is 12.6. The van der Waals surface area contributed by atoms with Crippen LogP contribution in [-0.2, 0) is 6.42 Å². The molecule has 5 nitrogen and oxygen atoms in total. The second-order valence-corrected chi connectivity index (χ2v) is 7.49. The molecule has 29 heavy (non-hydrogen) atoms. The van der Waals surface area contributed by atoms with Crippen molar-refractivity contribution in [2.45, 2.75) is 27.2 Å². The van der Waals surface area contributed by atoms with Crippen molar-refractivity contribution >= 4 is 34.2 Å². The van der Waals surface area contributed by atoms with Crippen molar-refractivity contribution in [3.05, 3.63) is 81.9 Å². The molecule has 3 aromatic carbocycles. The molecule has 0 bridgehead atoms. The van der Waals surface area contributed by atoms with E-state index < -0.39 is 0 Å². The quantitative estimate of drug-likeness (QED) is 0.488. The second-order valence-electron chi connectivity index (χ2n) is 7.08. The largest absolute Gasteiger partial charge is 0.322 e. The average Bonchev–Trinajstić information content (AvgIpc) is 3.13. The molecule has 146 valence electrons. The summed E-state index contributed by atoms with van der Waals surface area (Å²) in [7, 11) is 0. The highest BCUT2D eigenvalue weighted by molar-refractivity contribution is 6.31. The SMILES string of the molecule is CCc1ccc(-n2nc3cc(C)c(NC(=O)c4ccc(C)c(Cl)c4)cc3n2)cc1. The van der Waals surface area contributed by atoms with Crippen LogP contribution in [-0.4, -0.2) is 20.9 Å². The van der Waals surface area contributed by atoms with Crippen LogP contribution >= 0.6 is 11.6 Å². The smallest absolute Gasteiger partial charge is 0.255 e. The van der Waals surface area contributed by atoms with Crippen LogP contribution < -0.4 is 5.32 Å². The molecule has 1 amide bonds. The molecule has 6 heteroatoms. The minimum atomic E-state index is -0.211. The Hall–Kier alpha value is -3.18. The minimum Gasteiger partial charge on any atom is -0.322 e. The molecule has 4 rings (SSSR count). The van der Waals surface area contributed by atoms with Crippen LogP contribution in [0.1, 0.15) is 34.0 Å². The van der Waals surface area contributed by atoms with Gasteiger partial charge >= 0.3 is 0 Å². The molecule has 0 saturated heterocycles. The van der Waals surface area contributed by atoms with E-state index in [1.54, 1.807) is 16.9 Å². The van der Waals surface area contributed by atoms with Crippen LogP contribution in [0.3, 0.4) is 0 Å². The predicted molar refractivity (Wildman–Crippen MR) is 117 cm³/mol. The fraction of sp³-hybridized carbons (Fsp3) is 0.174. The molecular weight excluding hydrogens is 384 g/mol. The van der Waals surface area contributed by atoms with Gasteiger partial charge in [-0.1, -0.05) is 36.7 Å². The highest BCUT2D eigenvalue weighted by atomic mass is 35.5. The molecule has 0 fully saturated rings. The van der Waals surface area contributed by atoms with Gasteiger partial charge in [-0.05, 0) is 73.4 Å². The van der Waals surface area contributed by atoms with Gasteiger partial charge in [0.2, 0.25) is 0 Å².